The molecule has 0 unspecified atom stereocenters. The summed E-state index contributed by atoms with van der Waals surface area (Å²) in [5.74, 6) is 1.42. The molecule has 0 bridgehead atoms. The van der Waals surface area contributed by atoms with Crippen LogP contribution < -0.4 is 10.5 Å². The van der Waals surface area contributed by atoms with Gasteiger partial charge in [0.25, 0.3) is 0 Å². The van der Waals surface area contributed by atoms with E-state index in [9.17, 15) is 0 Å². The molecule has 0 radical (unpaired) electrons. The fourth-order valence-electron chi connectivity index (χ4n) is 2.23. The van der Waals surface area contributed by atoms with Crippen LogP contribution in [0, 0.1) is 0 Å². The van der Waals surface area contributed by atoms with E-state index in [-0.39, 0.29) is 0 Å². The van der Waals surface area contributed by atoms with Gasteiger partial charge in [-0.05, 0) is 42.5 Å². The summed E-state index contributed by atoms with van der Waals surface area (Å²) in [5.41, 5.74) is 8.41. The smallest absolute Gasteiger partial charge is 0.180 e. The zero-order valence-corrected chi connectivity index (χ0v) is 9.60. The molecule has 1 aromatic heterocycles. The number of rotatable bonds is 3. The summed E-state index contributed by atoms with van der Waals surface area (Å²) < 4.78 is 7.36. The first kappa shape index (κ1) is 10.2. The number of benzene rings is 1. The van der Waals surface area contributed by atoms with E-state index in [0.29, 0.717) is 12.5 Å². The predicted molar refractivity (Wildman–Crippen MR) is 65.7 cm³/mol. The molecule has 0 atom stereocenters. The highest BCUT2D eigenvalue weighted by Crippen LogP contribution is 2.26. The number of hydrogen-bond acceptors (Lipinski definition) is 3. The van der Waals surface area contributed by atoms with Crippen molar-refractivity contribution in [2.45, 2.75) is 26.0 Å². The van der Waals surface area contributed by atoms with Gasteiger partial charge in [0.1, 0.15) is 11.6 Å². The van der Waals surface area contributed by atoms with E-state index in [1.54, 1.807) is 10.7 Å². The van der Waals surface area contributed by atoms with Crippen molar-refractivity contribution in [3.8, 4) is 5.75 Å². The van der Waals surface area contributed by atoms with Gasteiger partial charge in [-0.15, -0.1) is 0 Å². The minimum absolute atomic E-state index is 0.399. The van der Waals surface area contributed by atoms with Gasteiger partial charge in [0.15, 0.2) is 6.73 Å². The quantitative estimate of drug-likeness (QED) is 0.875. The molecule has 1 aliphatic carbocycles. The van der Waals surface area contributed by atoms with Gasteiger partial charge in [0.2, 0.25) is 0 Å². The second kappa shape index (κ2) is 4.13. The molecule has 2 aromatic rings. The number of aryl methyl sites for hydroxylation is 2. The van der Waals surface area contributed by atoms with E-state index in [4.69, 9.17) is 10.5 Å². The standard InChI is InChI=1S/C13H15N3O/c14-13-6-7-16(15-13)9-17-12-5-4-10-2-1-3-11(10)8-12/h4-8H,1-3,9H2,(H2,14,15). The maximum Gasteiger partial charge on any atom is 0.180 e. The summed E-state index contributed by atoms with van der Waals surface area (Å²) in [6, 6.07) is 8.08. The molecule has 0 saturated carbocycles. The molecule has 4 heteroatoms. The molecule has 0 saturated heterocycles. The second-order valence-corrected chi connectivity index (χ2v) is 4.34. The molecule has 17 heavy (non-hydrogen) atoms. The van der Waals surface area contributed by atoms with Crippen LogP contribution in [-0.2, 0) is 19.6 Å². The average Bonchev–Trinajstić information content (AvgIpc) is 2.94. The topological polar surface area (TPSA) is 53.1 Å². The van der Waals surface area contributed by atoms with Gasteiger partial charge in [-0.2, -0.15) is 5.10 Å². The van der Waals surface area contributed by atoms with Crippen LogP contribution >= 0.6 is 0 Å². The Morgan fingerprint density at radius 1 is 1.24 bits per heavy atom. The van der Waals surface area contributed by atoms with Crippen LogP contribution in [0.1, 0.15) is 17.5 Å². The Morgan fingerprint density at radius 3 is 2.94 bits per heavy atom. The summed E-state index contributed by atoms with van der Waals surface area (Å²) in [6.45, 7) is 0.399. The lowest BCUT2D eigenvalue weighted by molar-refractivity contribution is 0.221. The van der Waals surface area contributed by atoms with Crippen molar-refractivity contribution in [2.24, 2.45) is 0 Å². The number of fused-ring (bicyclic) bond motifs is 1. The lowest BCUT2D eigenvalue weighted by atomic mass is 10.1. The van der Waals surface area contributed by atoms with E-state index in [0.717, 1.165) is 5.75 Å². The highest BCUT2D eigenvalue weighted by Gasteiger charge is 2.11. The van der Waals surface area contributed by atoms with Crippen molar-refractivity contribution in [3.05, 3.63) is 41.6 Å². The van der Waals surface area contributed by atoms with Crippen LogP contribution in [0.2, 0.25) is 0 Å². The Morgan fingerprint density at radius 2 is 2.12 bits per heavy atom. The molecule has 88 valence electrons. The lowest BCUT2D eigenvalue weighted by Gasteiger charge is -2.07. The zero-order valence-electron chi connectivity index (χ0n) is 9.60. The molecule has 4 nitrogen and oxygen atoms in total. The number of aromatic nitrogens is 2. The SMILES string of the molecule is Nc1ccn(COc2ccc3c(c2)CCC3)n1. The first-order valence-electron chi connectivity index (χ1n) is 5.85. The van der Waals surface area contributed by atoms with Crippen molar-refractivity contribution in [1.29, 1.82) is 0 Å². The summed E-state index contributed by atoms with van der Waals surface area (Å²) in [4.78, 5) is 0. The molecule has 0 spiro atoms. The summed E-state index contributed by atoms with van der Waals surface area (Å²) in [7, 11) is 0. The Hall–Kier alpha value is -1.97. The van der Waals surface area contributed by atoms with Gasteiger partial charge in [-0.3, -0.25) is 0 Å². The van der Waals surface area contributed by atoms with Gasteiger partial charge in [0.05, 0.1) is 0 Å². The summed E-state index contributed by atoms with van der Waals surface area (Å²) >= 11 is 0. The monoisotopic (exact) mass is 229 g/mol. The van der Waals surface area contributed by atoms with E-state index in [1.165, 1.54) is 30.4 Å². The molecular formula is C13H15N3O. The van der Waals surface area contributed by atoms with Crippen LogP contribution in [0.15, 0.2) is 30.5 Å². The Kier molecular flexibility index (Phi) is 2.48. The zero-order chi connectivity index (χ0) is 11.7. The third-order valence-electron chi connectivity index (χ3n) is 3.09. The highest BCUT2D eigenvalue weighted by molar-refractivity contribution is 5.38. The molecular weight excluding hydrogens is 214 g/mol. The van der Waals surface area contributed by atoms with E-state index in [1.807, 2.05) is 12.3 Å². The van der Waals surface area contributed by atoms with E-state index >= 15 is 0 Å². The van der Waals surface area contributed by atoms with Crippen molar-refractivity contribution in [1.82, 2.24) is 9.78 Å². The van der Waals surface area contributed by atoms with Crippen LogP contribution in [0.25, 0.3) is 0 Å². The molecule has 0 aliphatic heterocycles. The van der Waals surface area contributed by atoms with Gasteiger partial charge >= 0.3 is 0 Å². The Bertz CT molecular complexity index is 533. The lowest BCUT2D eigenvalue weighted by Crippen LogP contribution is -2.06. The number of ether oxygens (including phenoxy) is 1. The number of anilines is 1. The highest BCUT2D eigenvalue weighted by atomic mass is 16.5. The van der Waals surface area contributed by atoms with Crippen molar-refractivity contribution >= 4 is 5.82 Å². The number of nitrogens with two attached hydrogens (primary N) is 1. The third kappa shape index (κ3) is 2.11. The van der Waals surface area contributed by atoms with Gasteiger partial charge < -0.3 is 10.5 Å². The first-order chi connectivity index (χ1) is 8.31. The average molecular weight is 229 g/mol. The van der Waals surface area contributed by atoms with Gasteiger partial charge in [-0.25, -0.2) is 4.68 Å². The predicted octanol–water partition coefficient (Wildman–Crippen LogP) is 1.99. The fourth-order valence-corrected chi connectivity index (χ4v) is 2.23. The van der Waals surface area contributed by atoms with Crippen LogP contribution in [0.3, 0.4) is 0 Å². The van der Waals surface area contributed by atoms with Crippen LogP contribution in [-0.4, -0.2) is 9.78 Å². The molecule has 3 rings (SSSR count). The van der Waals surface area contributed by atoms with Crippen molar-refractivity contribution < 1.29 is 4.74 Å². The summed E-state index contributed by atoms with van der Waals surface area (Å²) in [5, 5.41) is 4.07. The minimum Gasteiger partial charge on any atom is -0.471 e. The van der Waals surface area contributed by atoms with Gasteiger partial charge in [-0.1, -0.05) is 6.07 Å². The molecule has 1 aliphatic rings. The van der Waals surface area contributed by atoms with Crippen molar-refractivity contribution in [3.63, 3.8) is 0 Å². The molecule has 1 heterocycles. The Balaban J connectivity index is 1.69. The number of nitrogens with zero attached hydrogens (tertiary/aromatic N) is 2. The fraction of sp³-hybridized carbons (Fsp3) is 0.308. The largest absolute Gasteiger partial charge is 0.471 e. The van der Waals surface area contributed by atoms with E-state index < -0.39 is 0 Å². The van der Waals surface area contributed by atoms with Crippen LogP contribution in [0.5, 0.6) is 5.75 Å². The maximum atomic E-state index is 5.68. The normalized spacial score (nSPS) is 13.6. The maximum absolute atomic E-state index is 5.68. The summed E-state index contributed by atoms with van der Waals surface area (Å²) in [6.07, 6.45) is 5.43. The number of hydrogen-bond donors (Lipinski definition) is 1. The Labute approximate surface area is 100 Å². The van der Waals surface area contributed by atoms with Crippen molar-refractivity contribution in [2.75, 3.05) is 5.73 Å². The number of nitrogen functional groups attached to an aromatic ring is 1. The van der Waals surface area contributed by atoms with E-state index in [2.05, 4.69) is 17.2 Å². The minimum atomic E-state index is 0.399. The molecule has 1 aromatic carbocycles. The van der Waals surface area contributed by atoms with Crippen LogP contribution in [0.4, 0.5) is 5.82 Å². The second-order valence-electron chi connectivity index (χ2n) is 4.34. The first-order valence-corrected chi connectivity index (χ1v) is 5.85. The molecule has 0 fully saturated rings. The molecule has 2 N–H and O–H groups in total. The molecule has 0 amide bonds. The third-order valence-corrected chi connectivity index (χ3v) is 3.09. The van der Waals surface area contributed by atoms with Gasteiger partial charge in [0, 0.05) is 12.3 Å².